The highest BCUT2D eigenvalue weighted by Crippen LogP contribution is 2.36. The predicted molar refractivity (Wildman–Crippen MR) is 173 cm³/mol. The molecule has 2 amide bonds. The molecule has 0 spiro atoms. The van der Waals surface area contributed by atoms with Crippen LogP contribution in [0.3, 0.4) is 0 Å². The summed E-state index contributed by atoms with van der Waals surface area (Å²) in [5, 5.41) is 2.92. The van der Waals surface area contributed by atoms with E-state index in [1.807, 2.05) is 39.0 Å². The van der Waals surface area contributed by atoms with Gasteiger partial charge in [0.2, 0.25) is 12.9 Å². The molecule has 1 aliphatic rings. The maximum absolute atomic E-state index is 13.7. The van der Waals surface area contributed by atoms with Crippen molar-refractivity contribution >= 4 is 21.8 Å². The molecule has 1 atom stereocenters. The van der Waals surface area contributed by atoms with Gasteiger partial charge in [-0.25, -0.2) is 13.1 Å². The minimum absolute atomic E-state index is 0.0310. The van der Waals surface area contributed by atoms with Crippen molar-refractivity contribution in [2.75, 3.05) is 13.3 Å². The van der Waals surface area contributed by atoms with E-state index in [1.165, 1.54) is 12.1 Å². The van der Waals surface area contributed by atoms with Gasteiger partial charge in [-0.3, -0.25) is 14.6 Å². The van der Waals surface area contributed by atoms with Gasteiger partial charge in [-0.05, 0) is 78.1 Å². The second-order valence-electron chi connectivity index (χ2n) is 11.2. The van der Waals surface area contributed by atoms with Gasteiger partial charge in [0.25, 0.3) is 21.8 Å². The van der Waals surface area contributed by atoms with E-state index >= 15 is 0 Å². The van der Waals surface area contributed by atoms with Crippen LogP contribution in [-0.4, -0.2) is 38.6 Å². The van der Waals surface area contributed by atoms with Crippen LogP contribution in [0.1, 0.15) is 72.0 Å². The molecule has 4 aromatic rings. The number of pyridine rings is 1. The average molecular weight is 644 g/mol. The number of carbonyl (C=O) groups is 2. The van der Waals surface area contributed by atoms with Gasteiger partial charge >= 0.3 is 0 Å². The fraction of sp³-hybridized carbons (Fsp3) is 0.286. The summed E-state index contributed by atoms with van der Waals surface area (Å²) in [4.78, 5) is 31.0. The van der Waals surface area contributed by atoms with Gasteiger partial charge in [-0.1, -0.05) is 51.5 Å². The lowest BCUT2D eigenvalue weighted by molar-refractivity contribution is -0.126. The number of nitrogens with one attached hydrogen (secondary N) is 2. The number of fused-ring (bicyclic) bond motifs is 1. The first-order valence-corrected chi connectivity index (χ1v) is 16.7. The molecule has 0 radical (unpaired) electrons. The summed E-state index contributed by atoms with van der Waals surface area (Å²) in [7, 11) is -4.22. The van der Waals surface area contributed by atoms with E-state index in [9.17, 15) is 18.0 Å². The van der Waals surface area contributed by atoms with Gasteiger partial charge in [0, 0.05) is 36.0 Å². The Morgan fingerprint density at radius 3 is 2.39 bits per heavy atom. The van der Waals surface area contributed by atoms with Crippen molar-refractivity contribution < 1.29 is 32.2 Å². The van der Waals surface area contributed by atoms with Crippen LogP contribution in [0.5, 0.6) is 17.2 Å². The summed E-state index contributed by atoms with van der Waals surface area (Å²) in [5.41, 5.74) is 3.35. The summed E-state index contributed by atoms with van der Waals surface area (Å²) >= 11 is 0. The van der Waals surface area contributed by atoms with Crippen LogP contribution in [-0.2, 0) is 27.7 Å². The minimum atomic E-state index is -4.22. The number of hydrogen-bond acceptors (Lipinski definition) is 8. The first-order valence-electron chi connectivity index (χ1n) is 15.2. The van der Waals surface area contributed by atoms with E-state index in [0.717, 1.165) is 17.7 Å². The number of sulfonamides is 1. The molecule has 3 aromatic carbocycles. The van der Waals surface area contributed by atoms with Gasteiger partial charge in [0.1, 0.15) is 5.75 Å². The van der Waals surface area contributed by atoms with Crippen molar-refractivity contribution in [1.29, 1.82) is 0 Å². The number of benzene rings is 3. The number of carbonyl (C=O) groups excluding carboxylic acids is 2. The molecular formula is C35H37N3O7S. The van der Waals surface area contributed by atoms with E-state index in [-0.39, 0.29) is 23.5 Å². The Hall–Kier alpha value is -4.90. The second kappa shape index (κ2) is 14.5. The van der Waals surface area contributed by atoms with Crippen molar-refractivity contribution in [3.05, 3.63) is 113 Å². The van der Waals surface area contributed by atoms with E-state index in [0.29, 0.717) is 53.3 Å². The SMILES string of the molecule is CCCc1cc(C(=O)NCCc2ccccn2)ccc1OC(C(=O)NS(=O)(=O)c1ccc(C(C)C)cc1)c1ccc2c(c1)OCO2. The summed E-state index contributed by atoms with van der Waals surface area (Å²) in [5.74, 6) is 0.355. The topological polar surface area (TPSA) is 133 Å². The van der Waals surface area contributed by atoms with E-state index in [1.54, 1.807) is 54.7 Å². The Bertz CT molecular complexity index is 1790. The molecule has 0 bridgehead atoms. The lowest BCUT2D eigenvalue weighted by Gasteiger charge is -2.22. The van der Waals surface area contributed by atoms with E-state index in [4.69, 9.17) is 14.2 Å². The molecule has 2 N–H and O–H groups in total. The van der Waals surface area contributed by atoms with Crippen molar-refractivity contribution in [2.24, 2.45) is 0 Å². The first-order chi connectivity index (χ1) is 22.1. The molecule has 11 heteroatoms. The molecule has 5 rings (SSSR count). The molecule has 1 unspecified atom stereocenters. The van der Waals surface area contributed by atoms with Crippen LogP contribution in [0.2, 0.25) is 0 Å². The molecule has 1 aromatic heterocycles. The number of aromatic nitrogens is 1. The third-order valence-electron chi connectivity index (χ3n) is 7.51. The molecule has 0 aliphatic carbocycles. The normalized spacial score (nSPS) is 12.9. The molecular weight excluding hydrogens is 606 g/mol. The first kappa shape index (κ1) is 32.5. The summed E-state index contributed by atoms with van der Waals surface area (Å²) in [6, 6.07) is 21.9. The van der Waals surface area contributed by atoms with Crippen LogP contribution in [0.25, 0.3) is 0 Å². The van der Waals surface area contributed by atoms with Crippen LogP contribution in [0.4, 0.5) is 0 Å². The molecule has 240 valence electrons. The van der Waals surface area contributed by atoms with Crippen LogP contribution >= 0.6 is 0 Å². The molecule has 2 heterocycles. The van der Waals surface area contributed by atoms with Gasteiger partial charge in [0.05, 0.1) is 4.90 Å². The Kier molecular flexibility index (Phi) is 10.2. The van der Waals surface area contributed by atoms with E-state index < -0.39 is 22.0 Å². The highest BCUT2D eigenvalue weighted by atomic mass is 32.2. The molecule has 0 fully saturated rings. The summed E-state index contributed by atoms with van der Waals surface area (Å²) in [6.07, 6.45) is 2.23. The maximum atomic E-state index is 13.7. The smallest absolute Gasteiger partial charge is 0.279 e. The number of rotatable bonds is 13. The fourth-order valence-corrected chi connectivity index (χ4v) is 5.99. The minimum Gasteiger partial charge on any atom is -0.475 e. The summed E-state index contributed by atoms with van der Waals surface area (Å²) < 4.78 is 46.0. The van der Waals surface area contributed by atoms with Crippen molar-refractivity contribution in [3.63, 3.8) is 0 Å². The van der Waals surface area contributed by atoms with Gasteiger partial charge in [-0.15, -0.1) is 0 Å². The predicted octanol–water partition coefficient (Wildman–Crippen LogP) is 5.48. The third kappa shape index (κ3) is 7.84. The second-order valence-corrected chi connectivity index (χ2v) is 12.9. The molecule has 0 saturated carbocycles. The average Bonchev–Trinajstić information content (AvgIpc) is 3.52. The zero-order chi connectivity index (χ0) is 32.7. The number of aryl methyl sites for hydroxylation is 1. The van der Waals surface area contributed by atoms with Gasteiger partial charge < -0.3 is 19.5 Å². The van der Waals surface area contributed by atoms with Crippen LogP contribution in [0, 0.1) is 0 Å². The zero-order valence-corrected chi connectivity index (χ0v) is 26.8. The van der Waals surface area contributed by atoms with Gasteiger partial charge in [0.15, 0.2) is 11.5 Å². The fourth-order valence-electron chi connectivity index (χ4n) is 5.01. The van der Waals surface area contributed by atoms with Crippen molar-refractivity contribution in [2.45, 2.75) is 57.0 Å². The van der Waals surface area contributed by atoms with E-state index in [2.05, 4.69) is 15.0 Å². The third-order valence-corrected chi connectivity index (χ3v) is 8.87. The standard InChI is InChI=1S/C35H37N3O7S/c1-4-7-25-20-27(34(39)37-19-17-28-8-5-6-18-36-28)12-15-30(25)45-33(26-11-16-31-32(21-26)44-22-43-31)35(40)38-46(41,42)29-13-9-24(10-14-29)23(2)3/h5-6,8-16,18,20-21,23,33H,4,7,17,19,22H2,1-3H3,(H,37,39)(H,38,40). The molecule has 1 aliphatic heterocycles. The lowest BCUT2D eigenvalue weighted by Crippen LogP contribution is -2.37. The Morgan fingerprint density at radius 2 is 1.67 bits per heavy atom. The highest BCUT2D eigenvalue weighted by Gasteiger charge is 2.30. The highest BCUT2D eigenvalue weighted by molar-refractivity contribution is 7.90. The number of ether oxygens (including phenoxy) is 3. The molecule has 10 nitrogen and oxygen atoms in total. The molecule has 0 saturated heterocycles. The maximum Gasteiger partial charge on any atom is 0.279 e. The Labute approximate surface area is 269 Å². The number of amides is 2. The largest absolute Gasteiger partial charge is 0.475 e. The lowest BCUT2D eigenvalue weighted by atomic mass is 10.0. The monoisotopic (exact) mass is 643 g/mol. The Balaban J connectivity index is 1.39. The summed E-state index contributed by atoms with van der Waals surface area (Å²) in [6.45, 7) is 6.45. The van der Waals surface area contributed by atoms with Crippen LogP contribution in [0.15, 0.2) is 90.0 Å². The number of nitrogens with zero attached hydrogens (tertiary/aromatic N) is 1. The van der Waals surface area contributed by atoms with Crippen molar-refractivity contribution in [3.8, 4) is 17.2 Å². The van der Waals surface area contributed by atoms with Crippen molar-refractivity contribution in [1.82, 2.24) is 15.0 Å². The number of hydrogen-bond donors (Lipinski definition) is 2. The Morgan fingerprint density at radius 1 is 0.913 bits per heavy atom. The zero-order valence-electron chi connectivity index (χ0n) is 26.0. The van der Waals surface area contributed by atoms with Crippen LogP contribution < -0.4 is 24.2 Å². The quantitative estimate of drug-likeness (QED) is 0.196. The molecule has 46 heavy (non-hydrogen) atoms. The van der Waals surface area contributed by atoms with Gasteiger partial charge in [-0.2, -0.15) is 0 Å².